The lowest BCUT2D eigenvalue weighted by Gasteiger charge is -2.20. The summed E-state index contributed by atoms with van der Waals surface area (Å²) in [5.41, 5.74) is 4.19. The average molecular weight is 466 g/mol. The molecule has 172 valence electrons. The van der Waals surface area contributed by atoms with E-state index in [4.69, 9.17) is 11.6 Å². The SMILES string of the molecule is CCCCc1c(Cl)n(C(C)(C)C)c(=O)n1Cc1ccc(-c2cnccc2-c2nn[nH]n2)cc1. The largest absolute Gasteiger partial charge is 0.330 e. The fraction of sp³-hybridized carbons (Fsp3) is 0.375. The molecule has 0 bridgehead atoms. The molecule has 9 heteroatoms. The van der Waals surface area contributed by atoms with Crippen LogP contribution in [0.2, 0.25) is 5.15 Å². The molecule has 4 aromatic rings. The molecular formula is C24H28ClN7O. The lowest BCUT2D eigenvalue weighted by molar-refractivity contribution is 0.380. The van der Waals surface area contributed by atoms with Gasteiger partial charge in [-0.2, -0.15) is 5.21 Å². The van der Waals surface area contributed by atoms with E-state index in [0.717, 1.165) is 47.2 Å². The maximum absolute atomic E-state index is 13.3. The Balaban J connectivity index is 1.68. The molecule has 0 spiro atoms. The third kappa shape index (κ3) is 4.61. The topological polar surface area (TPSA) is 94.3 Å². The zero-order valence-corrected chi connectivity index (χ0v) is 20.1. The smallest absolute Gasteiger partial charge is 0.290 e. The van der Waals surface area contributed by atoms with Crippen molar-refractivity contribution in [1.29, 1.82) is 0 Å². The van der Waals surface area contributed by atoms with Crippen molar-refractivity contribution in [2.45, 2.75) is 59.0 Å². The van der Waals surface area contributed by atoms with Crippen molar-refractivity contribution >= 4 is 11.6 Å². The average Bonchev–Trinajstić information content (AvgIpc) is 3.40. The quantitative estimate of drug-likeness (QED) is 0.427. The highest BCUT2D eigenvalue weighted by Gasteiger charge is 2.26. The van der Waals surface area contributed by atoms with Crippen LogP contribution in [-0.4, -0.2) is 34.7 Å². The molecule has 1 aromatic carbocycles. The van der Waals surface area contributed by atoms with Crippen LogP contribution in [0.4, 0.5) is 0 Å². The normalized spacial score (nSPS) is 11.8. The Morgan fingerprint density at radius 1 is 1.09 bits per heavy atom. The number of aromatic nitrogens is 7. The molecule has 0 aliphatic rings. The van der Waals surface area contributed by atoms with Gasteiger partial charge in [0.25, 0.3) is 0 Å². The van der Waals surface area contributed by atoms with E-state index in [1.54, 1.807) is 17.0 Å². The zero-order chi connectivity index (χ0) is 23.6. The molecule has 0 saturated carbocycles. The molecule has 8 nitrogen and oxygen atoms in total. The number of H-pyrrole nitrogens is 1. The second-order valence-electron chi connectivity index (χ2n) is 9.07. The van der Waals surface area contributed by atoms with Crippen LogP contribution in [0.3, 0.4) is 0 Å². The molecule has 0 fully saturated rings. The predicted molar refractivity (Wildman–Crippen MR) is 129 cm³/mol. The van der Waals surface area contributed by atoms with E-state index >= 15 is 0 Å². The highest BCUT2D eigenvalue weighted by molar-refractivity contribution is 6.30. The Bertz CT molecular complexity index is 1280. The Morgan fingerprint density at radius 3 is 2.48 bits per heavy atom. The van der Waals surface area contributed by atoms with Gasteiger partial charge in [0.1, 0.15) is 5.15 Å². The molecular weight excluding hydrogens is 438 g/mol. The first-order valence-corrected chi connectivity index (χ1v) is 11.5. The third-order valence-corrected chi connectivity index (χ3v) is 6.02. The fourth-order valence-corrected chi connectivity index (χ4v) is 4.48. The van der Waals surface area contributed by atoms with E-state index in [0.29, 0.717) is 17.5 Å². The Kier molecular flexibility index (Phi) is 6.47. The second kappa shape index (κ2) is 9.31. The van der Waals surface area contributed by atoms with Crippen LogP contribution >= 0.6 is 11.6 Å². The first kappa shape index (κ1) is 22.9. The van der Waals surface area contributed by atoms with Crippen LogP contribution in [0.15, 0.2) is 47.5 Å². The first-order valence-electron chi connectivity index (χ1n) is 11.1. The number of unbranched alkanes of at least 4 members (excludes halogenated alkanes) is 1. The summed E-state index contributed by atoms with van der Waals surface area (Å²) in [4.78, 5) is 17.6. The van der Waals surface area contributed by atoms with Crippen LogP contribution in [0.5, 0.6) is 0 Å². The number of rotatable bonds is 7. The van der Waals surface area contributed by atoms with Crippen molar-refractivity contribution < 1.29 is 0 Å². The predicted octanol–water partition coefficient (Wildman–Crippen LogP) is 4.69. The third-order valence-electron chi connectivity index (χ3n) is 5.63. The molecule has 3 aromatic heterocycles. The fourth-order valence-electron chi connectivity index (χ4n) is 3.96. The van der Waals surface area contributed by atoms with Gasteiger partial charge in [0.05, 0.1) is 12.2 Å². The van der Waals surface area contributed by atoms with E-state index in [1.165, 1.54) is 0 Å². The summed E-state index contributed by atoms with van der Waals surface area (Å²) in [5.74, 6) is 0.516. The number of aromatic amines is 1. The minimum atomic E-state index is -0.393. The number of imidazole rings is 1. The first-order chi connectivity index (χ1) is 15.8. The van der Waals surface area contributed by atoms with Crippen LogP contribution < -0.4 is 5.69 Å². The maximum atomic E-state index is 13.3. The molecule has 3 heterocycles. The van der Waals surface area contributed by atoms with Crippen molar-refractivity contribution in [1.82, 2.24) is 34.7 Å². The number of pyridine rings is 1. The molecule has 0 aliphatic heterocycles. The highest BCUT2D eigenvalue weighted by Crippen LogP contribution is 2.29. The van der Waals surface area contributed by atoms with Gasteiger partial charge in [-0.1, -0.05) is 49.2 Å². The van der Waals surface area contributed by atoms with Gasteiger partial charge in [0, 0.05) is 29.1 Å². The summed E-state index contributed by atoms with van der Waals surface area (Å²) in [6.45, 7) is 8.59. The summed E-state index contributed by atoms with van der Waals surface area (Å²) < 4.78 is 3.51. The van der Waals surface area contributed by atoms with E-state index in [9.17, 15) is 4.79 Å². The van der Waals surface area contributed by atoms with E-state index in [-0.39, 0.29) is 5.69 Å². The Morgan fingerprint density at radius 2 is 1.85 bits per heavy atom. The van der Waals surface area contributed by atoms with Crippen molar-refractivity contribution in [3.05, 3.63) is 69.6 Å². The number of benzene rings is 1. The lowest BCUT2D eigenvalue weighted by Crippen LogP contribution is -2.35. The molecule has 1 N–H and O–H groups in total. The zero-order valence-electron chi connectivity index (χ0n) is 19.3. The molecule has 0 aliphatic carbocycles. The molecule has 4 rings (SSSR count). The summed E-state index contributed by atoms with van der Waals surface area (Å²) in [6.07, 6.45) is 6.28. The van der Waals surface area contributed by atoms with Crippen molar-refractivity contribution in [3.8, 4) is 22.5 Å². The lowest BCUT2D eigenvalue weighted by atomic mass is 10.0. The highest BCUT2D eigenvalue weighted by atomic mass is 35.5. The van der Waals surface area contributed by atoms with Crippen LogP contribution in [0.25, 0.3) is 22.5 Å². The van der Waals surface area contributed by atoms with E-state index in [2.05, 4.69) is 32.5 Å². The molecule has 0 atom stereocenters. The van der Waals surface area contributed by atoms with E-state index < -0.39 is 5.54 Å². The number of nitrogens with one attached hydrogen (secondary N) is 1. The summed E-state index contributed by atoms with van der Waals surface area (Å²) in [7, 11) is 0. The maximum Gasteiger partial charge on any atom is 0.330 e. The van der Waals surface area contributed by atoms with Crippen molar-refractivity contribution in [3.63, 3.8) is 0 Å². The van der Waals surface area contributed by atoms with Gasteiger partial charge in [0.2, 0.25) is 5.82 Å². The van der Waals surface area contributed by atoms with Gasteiger partial charge in [-0.25, -0.2) is 4.79 Å². The van der Waals surface area contributed by atoms with Gasteiger partial charge in [-0.15, -0.1) is 10.2 Å². The minimum absolute atomic E-state index is 0.0747. The monoisotopic (exact) mass is 465 g/mol. The standard InChI is InChI=1S/C24H28ClN7O/c1-5-6-7-20-21(25)32(24(2,3)4)23(33)31(20)15-16-8-10-17(11-9-16)19-14-26-13-12-18(19)22-27-29-30-28-22/h8-14H,5-7,15H2,1-4H3,(H,27,28,29,30). The molecule has 33 heavy (non-hydrogen) atoms. The minimum Gasteiger partial charge on any atom is -0.290 e. The number of halogens is 1. The van der Waals surface area contributed by atoms with Crippen molar-refractivity contribution in [2.75, 3.05) is 0 Å². The Labute approximate surface area is 197 Å². The van der Waals surface area contributed by atoms with Gasteiger partial charge >= 0.3 is 5.69 Å². The van der Waals surface area contributed by atoms with Crippen LogP contribution in [-0.2, 0) is 18.5 Å². The molecule has 0 radical (unpaired) electrons. The summed E-state index contributed by atoms with van der Waals surface area (Å²) in [5, 5.41) is 14.9. The number of tetrazole rings is 1. The van der Waals surface area contributed by atoms with E-state index in [1.807, 2.05) is 55.7 Å². The van der Waals surface area contributed by atoms with Gasteiger partial charge in [-0.3, -0.25) is 14.1 Å². The van der Waals surface area contributed by atoms with Gasteiger partial charge in [0.15, 0.2) is 0 Å². The number of nitrogens with zero attached hydrogens (tertiary/aromatic N) is 6. The van der Waals surface area contributed by atoms with Crippen LogP contribution in [0, 0.1) is 0 Å². The number of hydrogen-bond acceptors (Lipinski definition) is 5. The van der Waals surface area contributed by atoms with Gasteiger partial charge < -0.3 is 0 Å². The van der Waals surface area contributed by atoms with Crippen molar-refractivity contribution in [2.24, 2.45) is 0 Å². The molecule has 0 saturated heterocycles. The second-order valence-corrected chi connectivity index (χ2v) is 9.43. The van der Waals surface area contributed by atoms with Crippen LogP contribution in [0.1, 0.15) is 51.8 Å². The van der Waals surface area contributed by atoms with Gasteiger partial charge in [-0.05, 0) is 56.0 Å². The molecule has 0 amide bonds. The Hall–Kier alpha value is -3.26. The summed E-state index contributed by atoms with van der Waals surface area (Å²) in [6, 6.07) is 9.97. The molecule has 0 unspecified atom stereocenters. The summed E-state index contributed by atoms with van der Waals surface area (Å²) >= 11 is 6.71. The number of hydrogen-bond donors (Lipinski definition) is 1.